The summed E-state index contributed by atoms with van der Waals surface area (Å²) >= 11 is 0. The molecule has 7 heteroatoms. The van der Waals surface area contributed by atoms with Gasteiger partial charge >= 0.3 is 10.1 Å². The predicted molar refractivity (Wildman–Crippen MR) is 95.8 cm³/mol. The van der Waals surface area contributed by atoms with Crippen molar-refractivity contribution in [3.05, 3.63) is 29.8 Å². The molecule has 1 atom stereocenters. The Bertz CT molecular complexity index is 651. The quantitative estimate of drug-likeness (QED) is 0.626. The third kappa shape index (κ3) is 7.04. The summed E-state index contributed by atoms with van der Waals surface area (Å²) in [5.41, 5.74) is 0.934. The van der Waals surface area contributed by atoms with Crippen molar-refractivity contribution in [2.24, 2.45) is 0 Å². The molecule has 25 heavy (non-hydrogen) atoms. The molecule has 1 aliphatic rings. The van der Waals surface area contributed by atoms with E-state index in [1.54, 1.807) is 24.3 Å². The van der Waals surface area contributed by atoms with Gasteiger partial charge in [0.05, 0.1) is 12.4 Å². The Morgan fingerprint density at radius 3 is 2.60 bits per heavy atom. The Morgan fingerprint density at radius 2 is 2.04 bits per heavy atom. The van der Waals surface area contributed by atoms with Crippen molar-refractivity contribution in [2.75, 3.05) is 19.4 Å². The van der Waals surface area contributed by atoms with E-state index < -0.39 is 10.1 Å². The molecular weight excluding hydrogens is 342 g/mol. The summed E-state index contributed by atoms with van der Waals surface area (Å²) in [6.45, 7) is 3.92. The van der Waals surface area contributed by atoms with Crippen LogP contribution in [0.3, 0.4) is 0 Å². The first-order chi connectivity index (χ1) is 11.9. The van der Waals surface area contributed by atoms with Crippen molar-refractivity contribution in [1.82, 2.24) is 4.90 Å². The third-order valence-corrected chi connectivity index (χ3v) is 4.58. The van der Waals surface area contributed by atoms with Gasteiger partial charge in [-0.05, 0) is 37.0 Å². The van der Waals surface area contributed by atoms with Crippen LogP contribution < -0.4 is 4.18 Å². The molecule has 0 aromatic heterocycles. The molecule has 1 saturated heterocycles. The van der Waals surface area contributed by atoms with Gasteiger partial charge in [0, 0.05) is 26.1 Å². The highest BCUT2D eigenvalue weighted by molar-refractivity contribution is 7.86. The Hall–Kier alpha value is -1.60. The van der Waals surface area contributed by atoms with E-state index in [1.807, 2.05) is 4.90 Å². The molecule has 0 spiro atoms. The summed E-state index contributed by atoms with van der Waals surface area (Å²) in [7, 11) is -3.53. The molecule has 2 rings (SSSR count). The number of hydrogen-bond acceptors (Lipinski definition) is 5. The molecule has 0 saturated carbocycles. The fourth-order valence-electron chi connectivity index (χ4n) is 2.82. The Morgan fingerprint density at radius 1 is 1.32 bits per heavy atom. The van der Waals surface area contributed by atoms with Gasteiger partial charge in [-0.1, -0.05) is 25.5 Å². The number of amides is 1. The van der Waals surface area contributed by atoms with Gasteiger partial charge in [-0.25, -0.2) is 0 Å². The number of benzene rings is 1. The zero-order valence-corrected chi connectivity index (χ0v) is 15.8. The largest absolute Gasteiger partial charge is 0.383 e. The number of hydrogen-bond donors (Lipinski definition) is 0. The fraction of sp³-hybridized carbons (Fsp3) is 0.611. The van der Waals surface area contributed by atoms with E-state index in [0.717, 1.165) is 44.1 Å². The van der Waals surface area contributed by atoms with E-state index in [1.165, 1.54) is 0 Å². The topological polar surface area (TPSA) is 72.9 Å². The van der Waals surface area contributed by atoms with Gasteiger partial charge < -0.3 is 13.8 Å². The Balaban J connectivity index is 2.02. The SMILES string of the molecule is CCCCC(=O)N(Cc1ccc(OS(C)(=O)=O)cc1)CC1CCCO1. The van der Waals surface area contributed by atoms with Crippen LogP contribution in [-0.2, 0) is 26.2 Å². The molecule has 1 fully saturated rings. The maximum atomic E-state index is 12.5. The second-order valence-corrected chi connectivity index (χ2v) is 8.02. The molecule has 1 heterocycles. The lowest BCUT2D eigenvalue weighted by Crippen LogP contribution is -2.36. The zero-order chi connectivity index (χ0) is 18.3. The lowest BCUT2D eigenvalue weighted by Gasteiger charge is -2.26. The molecule has 0 bridgehead atoms. The smallest absolute Gasteiger partial charge is 0.306 e. The van der Waals surface area contributed by atoms with Crippen LogP contribution in [-0.4, -0.2) is 44.7 Å². The number of nitrogens with zero attached hydrogens (tertiary/aromatic N) is 1. The summed E-state index contributed by atoms with van der Waals surface area (Å²) in [5.74, 6) is 0.406. The van der Waals surface area contributed by atoms with Crippen LogP contribution in [0.2, 0.25) is 0 Å². The predicted octanol–water partition coefficient (Wildman–Crippen LogP) is 2.72. The van der Waals surface area contributed by atoms with Gasteiger partial charge in [0.1, 0.15) is 5.75 Å². The van der Waals surface area contributed by atoms with Crippen LogP contribution in [0.4, 0.5) is 0 Å². The Labute approximate surface area is 150 Å². The minimum Gasteiger partial charge on any atom is -0.383 e. The van der Waals surface area contributed by atoms with Crippen molar-refractivity contribution in [3.63, 3.8) is 0 Å². The van der Waals surface area contributed by atoms with Crippen molar-refractivity contribution < 1.29 is 22.1 Å². The third-order valence-electron chi connectivity index (χ3n) is 4.09. The van der Waals surface area contributed by atoms with Crippen LogP contribution >= 0.6 is 0 Å². The van der Waals surface area contributed by atoms with Crippen LogP contribution in [0.15, 0.2) is 24.3 Å². The normalized spacial score (nSPS) is 17.4. The highest BCUT2D eigenvalue weighted by atomic mass is 32.2. The lowest BCUT2D eigenvalue weighted by molar-refractivity contribution is -0.133. The first kappa shape index (κ1) is 19.7. The molecule has 1 aromatic carbocycles. The summed E-state index contributed by atoms with van der Waals surface area (Å²) in [6.07, 6.45) is 5.55. The first-order valence-electron chi connectivity index (χ1n) is 8.75. The highest BCUT2D eigenvalue weighted by Crippen LogP contribution is 2.19. The Kier molecular flexibility index (Phi) is 7.25. The lowest BCUT2D eigenvalue weighted by atomic mass is 10.1. The van der Waals surface area contributed by atoms with Gasteiger partial charge in [-0.15, -0.1) is 0 Å². The molecule has 0 N–H and O–H groups in total. The van der Waals surface area contributed by atoms with Crippen LogP contribution in [0.25, 0.3) is 0 Å². The number of unbranched alkanes of at least 4 members (excludes halogenated alkanes) is 1. The number of rotatable bonds is 9. The standard InChI is InChI=1S/C18H27NO5S/c1-3-4-7-18(20)19(14-17-6-5-12-23-17)13-15-8-10-16(11-9-15)24-25(2,21)22/h8-11,17H,3-7,12-14H2,1-2H3. The number of ether oxygens (including phenoxy) is 1. The monoisotopic (exact) mass is 369 g/mol. The van der Waals surface area contributed by atoms with Crippen LogP contribution in [0, 0.1) is 0 Å². The number of carbonyl (C=O) groups excluding carboxylic acids is 1. The van der Waals surface area contributed by atoms with Gasteiger partial charge in [0.2, 0.25) is 5.91 Å². The molecule has 1 amide bonds. The fourth-order valence-corrected chi connectivity index (χ4v) is 3.28. The van der Waals surface area contributed by atoms with E-state index in [0.29, 0.717) is 19.5 Å². The highest BCUT2D eigenvalue weighted by Gasteiger charge is 2.22. The molecule has 0 aliphatic carbocycles. The van der Waals surface area contributed by atoms with Gasteiger partial charge in [-0.3, -0.25) is 4.79 Å². The average Bonchev–Trinajstić information content (AvgIpc) is 3.05. The molecule has 140 valence electrons. The van der Waals surface area contributed by atoms with Gasteiger partial charge in [0.25, 0.3) is 0 Å². The second-order valence-electron chi connectivity index (χ2n) is 6.44. The second kappa shape index (κ2) is 9.20. The van der Waals surface area contributed by atoms with Crippen molar-refractivity contribution in [2.45, 2.75) is 51.7 Å². The zero-order valence-electron chi connectivity index (χ0n) is 14.9. The molecule has 0 radical (unpaired) electrons. The van der Waals surface area contributed by atoms with Crippen molar-refractivity contribution >= 4 is 16.0 Å². The van der Waals surface area contributed by atoms with E-state index in [9.17, 15) is 13.2 Å². The van der Waals surface area contributed by atoms with Crippen molar-refractivity contribution in [3.8, 4) is 5.75 Å². The van der Waals surface area contributed by atoms with E-state index in [-0.39, 0.29) is 17.8 Å². The first-order valence-corrected chi connectivity index (χ1v) is 10.6. The van der Waals surface area contributed by atoms with Gasteiger partial charge in [0.15, 0.2) is 0 Å². The summed E-state index contributed by atoms with van der Waals surface area (Å²) < 4.78 is 32.8. The van der Waals surface area contributed by atoms with Crippen molar-refractivity contribution in [1.29, 1.82) is 0 Å². The minimum atomic E-state index is -3.53. The van der Waals surface area contributed by atoms with E-state index >= 15 is 0 Å². The summed E-state index contributed by atoms with van der Waals surface area (Å²) in [5, 5.41) is 0. The molecule has 1 aliphatic heterocycles. The molecule has 1 aromatic rings. The molecule has 1 unspecified atom stereocenters. The maximum absolute atomic E-state index is 12.5. The van der Waals surface area contributed by atoms with Crippen LogP contribution in [0.5, 0.6) is 5.75 Å². The maximum Gasteiger partial charge on any atom is 0.306 e. The molecule has 6 nitrogen and oxygen atoms in total. The number of carbonyl (C=O) groups is 1. The van der Waals surface area contributed by atoms with E-state index in [2.05, 4.69) is 6.92 Å². The minimum absolute atomic E-state index is 0.110. The van der Waals surface area contributed by atoms with Gasteiger partial charge in [-0.2, -0.15) is 8.42 Å². The summed E-state index contributed by atoms with van der Waals surface area (Å²) in [4.78, 5) is 14.4. The average molecular weight is 369 g/mol. The van der Waals surface area contributed by atoms with Crippen LogP contribution in [0.1, 0.15) is 44.6 Å². The summed E-state index contributed by atoms with van der Waals surface area (Å²) in [6, 6.07) is 6.79. The van der Waals surface area contributed by atoms with E-state index in [4.69, 9.17) is 8.92 Å². The molecular formula is C18H27NO5S.